The number of nitrogens with zero attached hydrogens (tertiary/aromatic N) is 2. The van der Waals surface area contributed by atoms with Gasteiger partial charge in [0, 0.05) is 39.5 Å². The second kappa shape index (κ2) is 14.1. The van der Waals surface area contributed by atoms with Crippen LogP contribution in [0.3, 0.4) is 0 Å². The highest BCUT2D eigenvalue weighted by Crippen LogP contribution is 2.65. The molecular weight excluding hydrogens is 653 g/mol. The van der Waals surface area contributed by atoms with Gasteiger partial charge in [0.05, 0.1) is 0 Å². The molecule has 0 unspecified atom stereocenters. The maximum atomic E-state index is 3.98. The number of hydrogen-bond acceptors (Lipinski definition) is 2. The van der Waals surface area contributed by atoms with Crippen LogP contribution < -0.4 is 9.80 Å². The summed E-state index contributed by atoms with van der Waals surface area (Å²) >= 11 is 0. The molecule has 0 amide bonds. The van der Waals surface area contributed by atoms with Crippen LogP contribution in [0.2, 0.25) is 0 Å². The maximum Gasteiger partial charge on any atom is 0.0462 e. The van der Waals surface area contributed by atoms with Crippen LogP contribution >= 0.6 is 0 Å². The van der Waals surface area contributed by atoms with Crippen molar-refractivity contribution in [2.24, 2.45) is 23.7 Å². The molecule has 4 aliphatic carbocycles. The average Bonchev–Trinajstić information content (AvgIpc) is 3.21. The Hall–Kier alpha value is -5.34. The van der Waals surface area contributed by atoms with E-state index in [1.165, 1.54) is 88.4 Å². The number of anilines is 6. The molecule has 4 fully saturated rings. The van der Waals surface area contributed by atoms with Gasteiger partial charge in [-0.15, -0.1) is 0 Å². The fourth-order valence-electron chi connectivity index (χ4n) is 10.7. The molecule has 4 aliphatic rings. The number of hydrogen-bond donors (Lipinski definition) is 0. The van der Waals surface area contributed by atoms with E-state index in [4.69, 9.17) is 0 Å². The Morgan fingerprint density at radius 2 is 0.815 bits per heavy atom. The molecule has 0 radical (unpaired) electrons. The number of rotatable bonds is 10. The molecule has 0 saturated heterocycles. The molecule has 0 atom stereocenters. The van der Waals surface area contributed by atoms with E-state index in [1.807, 2.05) is 6.08 Å². The molecule has 0 aliphatic heterocycles. The molecule has 0 heterocycles. The standard InChI is InChI=1S/C52H52N2/c1-5-38-11-23-48(24-12-38)53(46-19-7-36(3)8-20-46)50-27-15-42(16-28-50)52(44-32-40-31-41(34-44)35-45(52)33-40)43-17-29-51(30-18-43)54(47-21-9-37(4)10-22-47)49-25-13-39(6-2)14-26-49/h5,7-30,40-41,44-45H,1,6,31-35H2,2-4H3. The Bertz CT molecular complexity index is 2180. The van der Waals surface area contributed by atoms with Gasteiger partial charge in [-0.1, -0.05) is 104 Å². The van der Waals surface area contributed by atoms with Crippen molar-refractivity contribution in [1.82, 2.24) is 0 Å². The molecule has 6 aromatic carbocycles. The average molecular weight is 705 g/mol. The zero-order valence-corrected chi connectivity index (χ0v) is 32.1. The van der Waals surface area contributed by atoms with E-state index in [2.05, 4.69) is 183 Å². The predicted molar refractivity (Wildman–Crippen MR) is 229 cm³/mol. The lowest BCUT2D eigenvalue weighted by molar-refractivity contribution is -0.0418. The Balaban J connectivity index is 1.13. The topological polar surface area (TPSA) is 6.48 Å². The van der Waals surface area contributed by atoms with Crippen LogP contribution in [-0.4, -0.2) is 0 Å². The molecule has 2 heteroatoms. The van der Waals surface area contributed by atoms with Crippen molar-refractivity contribution in [1.29, 1.82) is 0 Å². The second-order valence-corrected chi connectivity index (χ2v) is 16.4. The minimum absolute atomic E-state index is 0.0161. The summed E-state index contributed by atoms with van der Waals surface area (Å²) in [6, 6.07) is 55.2. The van der Waals surface area contributed by atoms with Crippen molar-refractivity contribution in [3.63, 3.8) is 0 Å². The fraction of sp³-hybridized carbons (Fsp3) is 0.269. The minimum atomic E-state index is 0.0161. The molecule has 0 N–H and O–H groups in total. The third-order valence-corrected chi connectivity index (χ3v) is 13.2. The summed E-state index contributed by atoms with van der Waals surface area (Å²) in [5, 5.41) is 0. The van der Waals surface area contributed by atoms with Gasteiger partial charge in [-0.05, 0) is 171 Å². The van der Waals surface area contributed by atoms with Crippen LogP contribution in [0, 0.1) is 37.5 Å². The fourth-order valence-corrected chi connectivity index (χ4v) is 10.7. The summed E-state index contributed by atoms with van der Waals surface area (Å²) < 4.78 is 0. The van der Waals surface area contributed by atoms with Gasteiger partial charge in [-0.3, -0.25) is 0 Å². The lowest BCUT2D eigenvalue weighted by atomic mass is 9.42. The lowest BCUT2D eigenvalue weighted by Crippen LogP contribution is -2.56. The van der Waals surface area contributed by atoms with Crippen molar-refractivity contribution in [2.45, 2.75) is 64.7 Å². The first-order valence-electron chi connectivity index (χ1n) is 20.2. The van der Waals surface area contributed by atoms with Crippen molar-refractivity contribution < 1.29 is 0 Å². The molecule has 270 valence electrons. The SMILES string of the molecule is C=Cc1ccc(N(c2ccc(C)cc2)c2ccc(C3(c4ccc(N(c5ccc(C)cc5)c5ccc(CC)cc5)cc4)C4CC5CC(C4)CC3C5)cc2)cc1. The summed E-state index contributed by atoms with van der Waals surface area (Å²) in [4.78, 5) is 4.81. The lowest BCUT2D eigenvalue weighted by Gasteiger charge is -2.62. The molecule has 0 spiro atoms. The second-order valence-electron chi connectivity index (χ2n) is 16.4. The van der Waals surface area contributed by atoms with Crippen molar-refractivity contribution in [2.75, 3.05) is 9.80 Å². The Kier molecular flexibility index (Phi) is 9.02. The highest BCUT2D eigenvalue weighted by Gasteiger charge is 2.58. The minimum Gasteiger partial charge on any atom is -0.311 e. The molecule has 4 saturated carbocycles. The third-order valence-electron chi connectivity index (χ3n) is 13.2. The van der Waals surface area contributed by atoms with Gasteiger partial charge in [0.2, 0.25) is 0 Å². The van der Waals surface area contributed by atoms with Crippen LogP contribution in [0.4, 0.5) is 34.1 Å². The van der Waals surface area contributed by atoms with Gasteiger partial charge in [-0.25, -0.2) is 0 Å². The van der Waals surface area contributed by atoms with E-state index in [0.29, 0.717) is 11.8 Å². The van der Waals surface area contributed by atoms with Crippen LogP contribution in [0.5, 0.6) is 0 Å². The Labute approximate surface area is 322 Å². The van der Waals surface area contributed by atoms with E-state index < -0.39 is 0 Å². The Morgan fingerprint density at radius 3 is 1.17 bits per heavy atom. The largest absolute Gasteiger partial charge is 0.311 e. The Morgan fingerprint density at radius 1 is 0.481 bits per heavy atom. The normalized spacial score (nSPS) is 22.6. The number of aryl methyl sites for hydroxylation is 3. The first-order chi connectivity index (χ1) is 26.4. The summed E-state index contributed by atoms with van der Waals surface area (Å²) in [5.41, 5.74) is 15.1. The molecule has 4 bridgehead atoms. The van der Waals surface area contributed by atoms with Crippen LogP contribution in [0.1, 0.15) is 72.4 Å². The quantitative estimate of drug-likeness (QED) is 0.140. The number of benzene rings is 6. The van der Waals surface area contributed by atoms with Gasteiger partial charge in [0.25, 0.3) is 0 Å². The van der Waals surface area contributed by atoms with Crippen molar-refractivity contribution in [3.8, 4) is 0 Å². The van der Waals surface area contributed by atoms with Gasteiger partial charge in [0.1, 0.15) is 0 Å². The predicted octanol–water partition coefficient (Wildman–Crippen LogP) is 14.2. The maximum absolute atomic E-state index is 3.98. The molecule has 0 aromatic heterocycles. The van der Waals surface area contributed by atoms with Crippen LogP contribution in [-0.2, 0) is 11.8 Å². The van der Waals surface area contributed by atoms with Crippen LogP contribution in [0.25, 0.3) is 6.08 Å². The summed E-state index contributed by atoms with van der Waals surface area (Å²) in [5.74, 6) is 3.11. The smallest absolute Gasteiger partial charge is 0.0462 e. The van der Waals surface area contributed by atoms with E-state index in [9.17, 15) is 0 Å². The third kappa shape index (κ3) is 6.06. The van der Waals surface area contributed by atoms with Crippen molar-refractivity contribution >= 4 is 40.2 Å². The highest BCUT2D eigenvalue weighted by molar-refractivity contribution is 5.79. The van der Waals surface area contributed by atoms with Gasteiger partial charge < -0.3 is 9.80 Å². The molecule has 54 heavy (non-hydrogen) atoms. The van der Waals surface area contributed by atoms with E-state index >= 15 is 0 Å². The molecule has 6 aromatic rings. The first kappa shape index (κ1) is 34.4. The van der Waals surface area contributed by atoms with Gasteiger partial charge in [-0.2, -0.15) is 0 Å². The summed E-state index contributed by atoms with van der Waals surface area (Å²) in [7, 11) is 0. The zero-order chi connectivity index (χ0) is 36.8. The zero-order valence-electron chi connectivity index (χ0n) is 32.1. The van der Waals surface area contributed by atoms with Gasteiger partial charge >= 0.3 is 0 Å². The van der Waals surface area contributed by atoms with E-state index in [0.717, 1.165) is 29.5 Å². The van der Waals surface area contributed by atoms with Gasteiger partial charge in [0.15, 0.2) is 0 Å². The highest BCUT2D eigenvalue weighted by atomic mass is 15.1. The summed E-state index contributed by atoms with van der Waals surface area (Å²) in [6.45, 7) is 10.5. The molecule has 10 rings (SSSR count). The van der Waals surface area contributed by atoms with E-state index in [1.54, 1.807) is 0 Å². The molecule has 2 nitrogen and oxygen atoms in total. The van der Waals surface area contributed by atoms with Crippen LogP contribution in [0.15, 0.2) is 152 Å². The monoisotopic (exact) mass is 704 g/mol. The van der Waals surface area contributed by atoms with E-state index in [-0.39, 0.29) is 5.41 Å². The van der Waals surface area contributed by atoms with Crippen molar-refractivity contribution in [3.05, 3.63) is 186 Å². The molecular formula is C52H52N2. The first-order valence-corrected chi connectivity index (χ1v) is 20.2. The summed E-state index contributed by atoms with van der Waals surface area (Å²) in [6.07, 6.45) is 9.79.